The molecule has 0 atom stereocenters. The second-order valence-corrected chi connectivity index (χ2v) is 6.82. The van der Waals surface area contributed by atoms with Gasteiger partial charge in [0.15, 0.2) is 0 Å². The van der Waals surface area contributed by atoms with Crippen LogP contribution in [0.25, 0.3) is 0 Å². The summed E-state index contributed by atoms with van der Waals surface area (Å²) in [7, 11) is 0. The first-order valence-corrected chi connectivity index (χ1v) is 10.2. The lowest BCUT2D eigenvalue weighted by atomic mass is 10.1. The molecule has 0 unspecified atom stereocenters. The summed E-state index contributed by atoms with van der Waals surface area (Å²) in [5, 5.41) is 9.02. The van der Waals surface area contributed by atoms with E-state index in [0.29, 0.717) is 26.0 Å². The highest BCUT2D eigenvalue weighted by Gasteiger charge is 2.10. The third-order valence-electron chi connectivity index (χ3n) is 4.30. The van der Waals surface area contributed by atoms with Crippen molar-refractivity contribution >= 4 is 11.9 Å². The molecule has 0 saturated heterocycles. The Labute approximate surface area is 154 Å². The monoisotopic (exact) mass is 357 g/mol. The smallest absolute Gasteiger partial charge is 0.317 e. The third-order valence-corrected chi connectivity index (χ3v) is 4.30. The predicted octanol–water partition coefficient (Wildman–Crippen LogP) is 4.64. The summed E-state index contributed by atoms with van der Waals surface area (Å²) in [5.74, 6) is -0.926. The standard InChI is InChI=1S/C20H39NO4/c1-3-5-7-8-9-10-12-15-21(18-19(22)23)16-13-17-25-20(24)14-11-6-4-2/h3-18H2,1-2H3,(H,22,23). The molecule has 148 valence electrons. The van der Waals surface area contributed by atoms with Gasteiger partial charge >= 0.3 is 11.9 Å². The maximum absolute atomic E-state index is 11.5. The Hall–Kier alpha value is -1.10. The highest BCUT2D eigenvalue weighted by atomic mass is 16.5. The van der Waals surface area contributed by atoms with Crippen molar-refractivity contribution in [1.82, 2.24) is 4.90 Å². The quantitative estimate of drug-likeness (QED) is 0.286. The maximum atomic E-state index is 11.5. The van der Waals surface area contributed by atoms with E-state index in [1.54, 1.807) is 0 Å². The van der Waals surface area contributed by atoms with E-state index in [1.165, 1.54) is 32.1 Å². The zero-order valence-corrected chi connectivity index (χ0v) is 16.4. The zero-order chi connectivity index (χ0) is 18.8. The van der Waals surface area contributed by atoms with Gasteiger partial charge in [-0.25, -0.2) is 0 Å². The summed E-state index contributed by atoms with van der Waals surface area (Å²) >= 11 is 0. The molecule has 1 N–H and O–H groups in total. The number of carbonyl (C=O) groups is 2. The number of carboxylic acid groups (broad SMARTS) is 1. The van der Waals surface area contributed by atoms with Gasteiger partial charge in [-0.05, 0) is 25.8 Å². The average molecular weight is 358 g/mol. The van der Waals surface area contributed by atoms with Crippen LogP contribution in [0, 0.1) is 0 Å². The van der Waals surface area contributed by atoms with Gasteiger partial charge < -0.3 is 9.84 Å². The van der Waals surface area contributed by atoms with Gasteiger partial charge in [0.2, 0.25) is 0 Å². The number of hydrogen-bond acceptors (Lipinski definition) is 4. The fraction of sp³-hybridized carbons (Fsp3) is 0.900. The minimum Gasteiger partial charge on any atom is -0.480 e. The third kappa shape index (κ3) is 17.5. The lowest BCUT2D eigenvalue weighted by Crippen LogP contribution is -2.32. The van der Waals surface area contributed by atoms with Crippen molar-refractivity contribution in [3.63, 3.8) is 0 Å². The normalized spacial score (nSPS) is 11.0. The Balaban J connectivity index is 3.77. The molecular formula is C20H39NO4. The number of esters is 1. The molecule has 0 radical (unpaired) electrons. The van der Waals surface area contributed by atoms with Crippen molar-refractivity contribution in [1.29, 1.82) is 0 Å². The summed E-state index contributed by atoms with van der Waals surface area (Å²) in [5.41, 5.74) is 0. The van der Waals surface area contributed by atoms with Gasteiger partial charge in [0, 0.05) is 13.0 Å². The Morgan fingerprint density at radius 3 is 2.00 bits per heavy atom. The molecule has 0 bridgehead atoms. The summed E-state index contributed by atoms with van der Waals surface area (Å²) in [6.07, 6.45) is 12.8. The van der Waals surface area contributed by atoms with Crippen LogP contribution >= 0.6 is 0 Å². The first-order chi connectivity index (χ1) is 12.1. The van der Waals surface area contributed by atoms with Gasteiger partial charge in [-0.3, -0.25) is 14.5 Å². The predicted molar refractivity (Wildman–Crippen MR) is 102 cm³/mol. The van der Waals surface area contributed by atoms with E-state index < -0.39 is 5.97 Å². The zero-order valence-electron chi connectivity index (χ0n) is 16.4. The van der Waals surface area contributed by atoms with Gasteiger partial charge in [0.05, 0.1) is 13.2 Å². The average Bonchev–Trinajstić information content (AvgIpc) is 2.57. The number of nitrogens with zero attached hydrogens (tertiary/aromatic N) is 1. The van der Waals surface area contributed by atoms with Crippen LogP contribution in [-0.2, 0) is 14.3 Å². The van der Waals surface area contributed by atoms with Crippen molar-refractivity contribution in [2.45, 2.75) is 90.9 Å². The molecule has 0 fully saturated rings. The van der Waals surface area contributed by atoms with E-state index in [4.69, 9.17) is 9.84 Å². The van der Waals surface area contributed by atoms with Crippen molar-refractivity contribution in [3.05, 3.63) is 0 Å². The molecule has 0 aliphatic rings. The lowest BCUT2D eigenvalue weighted by molar-refractivity contribution is -0.144. The molecule has 5 heteroatoms. The highest BCUT2D eigenvalue weighted by molar-refractivity contribution is 5.69. The van der Waals surface area contributed by atoms with Crippen molar-refractivity contribution in [2.24, 2.45) is 0 Å². The Morgan fingerprint density at radius 1 is 0.800 bits per heavy atom. The molecule has 25 heavy (non-hydrogen) atoms. The van der Waals surface area contributed by atoms with Crippen molar-refractivity contribution in [3.8, 4) is 0 Å². The fourth-order valence-corrected chi connectivity index (χ4v) is 2.82. The number of aliphatic carboxylic acids is 1. The molecule has 0 spiro atoms. The van der Waals surface area contributed by atoms with E-state index in [1.807, 2.05) is 4.90 Å². The SMILES string of the molecule is CCCCCCCCCN(CCCOC(=O)CCCCC)CC(=O)O. The Kier molecular flexibility index (Phi) is 16.9. The van der Waals surface area contributed by atoms with E-state index in [9.17, 15) is 9.59 Å². The van der Waals surface area contributed by atoms with Crippen LogP contribution < -0.4 is 0 Å². The number of rotatable bonds is 18. The molecule has 0 aromatic carbocycles. The molecule has 0 rings (SSSR count). The largest absolute Gasteiger partial charge is 0.480 e. The van der Waals surface area contributed by atoms with Gasteiger partial charge in [-0.2, -0.15) is 0 Å². The van der Waals surface area contributed by atoms with Gasteiger partial charge in [-0.15, -0.1) is 0 Å². The van der Waals surface area contributed by atoms with Gasteiger partial charge in [0.1, 0.15) is 0 Å². The fourth-order valence-electron chi connectivity index (χ4n) is 2.82. The molecular weight excluding hydrogens is 318 g/mol. The topological polar surface area (TPSA) is 66.8 Å². The molecule has 0 aromatic heterocycles. The van der Waals surface area contributed by atoms with Crippen LogP contribution in [0.4, 0.5) is 0 Å². The molecule has 5 nitrogen and oxygen atoms in total. The molecule has 0 aliphatic heterocycles. The maximum Gasteiger partial charge on any atom is 0.317 e. The number of ether oxygens (including phenoxy) is 1. The minimum atomic E-state index is -0.792. The summed E-state index contributed by atoms with van der Waals surface area (Å²) < 4.78 is 5.21. The van der Waals surface area contributed by atoms with E-state index in [0.717, 1.165) is 38.6 Å². The second kappa shape index (κ2) is 17.7. The molecule has 0 heterocycles. The van der Waals surface area contributed by atoms with Crippen LogP contribution in [0.1, 0.15) is 90.9 Å². The van der Waals surface area contributed by atoms with Crippen molar-refractivity contribution in [2.75, 3.05) is 26.2 Å². The Morgan fingerprint density at radius 2 is 1.36 bits per heavy atom. The molecule has 0 aromatic rings. The number of hydrogen-bond donors (Lipinski definition) is 1. The minimum absolute atomic E-state index is 0.0697. The summed E-state index contributed by atoms with van der Waals surface area (Å²) in [6, 6.07) is 0. The van der Waals surface area contributed by atoms with E-state index in [2.05, 4.69) is 13.8 Å². The van der Waals surface area contributed by atoms with Crippen LogP contribution in [0.2, 0.25) is 0 Å². The highest BCUT2D eigenvalue weighted by Crippen LogP contribution is 2.08. The summed E-state index contributed by atoms with van der Waals surface area (Å²) in [6.45, 7) is 6.26. The molecule has 0 amide bonds. The number of carbonyl (C=O) groups excluding carboxylic acids is 1. The first kappa shape index (κ1) is 23.9. The van der Waals surface area contributed by atoms with Gasteiger partial charge in [-0.1, -0.05) is 65.2 Å². The first-order valence-electron chi connectivity index (χ1n) is 10.2. The van der Waals surface area contributed by atoms with Crippen molar-refractivity contribution < 1.29 is 19.4 Å². The van der Waals surface area contributed by atoms with E-state index in [-0.39, 0.29) is 12.5 Å². The van der Waals surface area contributed by atoms with Crippen LogP contribution in [0.5, 0.6) is 0 Å². The molecule has 0 aliphatic carbocycles. The van der Waals surface area contributed by atoms with Crippen LogP contribution in [0.15, 0.2) is 0 Å². The number of carboxylic acids is 1. The van der Waals surface area contributed by atoms with Gasteiger partial charge in [0.25, 0.3) is 0 Å². The lowest BCUT2D eigenvalue weighted by Gasteiger charge is -2.20. The summed E-state index contributed by atoms with van der Waals surface area (Å²) in [4.78, 5) is 24.5. The molecule has 0 saturated carbocycles. The Bertz CT molecular complexity index is 334. The van der Waals surface area contributed by atoms with Crippen LogP contribution in [0.3, 0.4) is 0 Å². The van der Waals surface area contributed by atoms with Crippen LogP contribution in [-0.4, -0.2) is 48.2 Å². The number of unbranched alkanes of at least 4 members (excludes halogenated alkanes) is 8. The van der Waals surface area contributed by atoms with E-state index >= 15 is 0 Å². The second-order valence-electron chi connectivity index (χ2n) is 6.82.